The summed E-state index contributed by atoms with van der Waals surface area (Å²) in [6.07, 6.45) is -4.44. The van der Waals surface area contributed by atoms with Gasteiger partial charge in [0.2, 0.25) is 5.91 Å². The van der Waals surface area contributed by atoms with Crippen LogP contribution in [0.25, 0.3) is 0 Å². The topological polar surface area (TPSA) is 70.2 Å². The number of para-hydroxylation sites is 1. The Kier molecular flexibility index (Phi) is 5.63. The van der Waals surface area contributed by atoms with Crippen molar-refractivity contribution < 1.29 is 22.8 Å². The highest BCUT2D eigenvalue weighted by atomic mass is 19.4. The monoisotopic (exact) mass is 351 g/mol. The van der Waals surface area contributed by atoms with Crippen molar-refractivity contribution in [2.24, 2.45) is 0 Å². The molecule has 2 rings (SSSR count). The highest BCUT2D eigenvalue weighted by Crippen LogP contribution is 2.29. The van der Waals surface area contributed by atoms with Crippen LogP contribution >= 0.6 is 0 Å². The molecule has 2 aromatic carbocycles. The van der Waals surface area contributed by atoms with E-state index in [1.54, 1.807) is 30.3 Å². The molecular formula is C17H16F3N3O2. The molecule has 25 heavy (non-hydrogen) atoms. The molecular weight excluding hydrogens is 335 g/mol. The minimum atomic E-state index is -4.44. The predicted molar refractivity (Wildman–Crippen MR) is 88.1 cm³/mol. The molecule has 0 saturated heterocycles. The molecule has 1 atom stereocenters. The lowest BCUT2D eigenvalue weighted by Crippen LogP contribution is -2.43. The number of amides is 3. The molecule has 2 aromatic rings. The Balaban J connectivity index is 1.88. The first-order chi connectivity index (χ1) is 11.8. The van der Waals surface area contributed by atoms with Gasteiger partial charge in [-0.25, -0.2) is 4.79 Å². The fraction of sp³-hybridized carbons (Fsp3) is 0.176. The van der Waals surface area contributed by atoms with Crippen LogP contribution in [0.4, 0.5) is 29.3 Å². The van der Waals surface area contributed by atoms with Gasteiger partial charge in [-0.15, -0.1) is 0 Å². The van der Waals surface area contributed by atoms with Gasteiger partial charge < -0.3 is 16.0 Å². The lowest BCUT2D eigenvalue weighted by atomic mass is 10.2. The van der Waals surface area contributed by atoms with Crippen LogP contribution in [-0.4, -0.2) is 18.0 Å². The molecule has 0 aliphatic carbocycles. The average molecular weight is 351 g/mol. The molecule has 8 heteroatoms. The van der Waals surface area contributed by atoms with Crippen LogP contribution in [0.2, 0.25) is 0 Å². The Morgan fingerprint density at radius 1 is 0.880 bits per heavy atom. The van der Waals surface area contributed by atoms with Crippen molar-refractivity contribution in [3.8, 4) is 0 Å². The minimum absolute atomic E-state index is 0.204. The molecule has 3 amide bonds. The van der Waals surface area contributed by atoms with Crippen LogP contribution in [0, 0.1) is 0 Å². The summed E-state index contributed by atoms with van der Waals surface area (Å²) in [6.45, 7) is 1.46. The predicted octanol–water partition coefficient (Wildman–Crippen LogP) is 3.85. The highest BCUT2D eigenvalue weighted by Gasteiger charge is 2.30. The summed E-state index contributed by atoms with van der Waals surface area (Å²) in [6, 6.07) is 11.3. The van der Waals surface area contributed by atoms with E-state index < -0.39 is 29.7 Å². The lowest BCUT2D eigenvalue weighted by molar-refractivity contribution is -0.137. The van der Waals surface area contributed by atoms with E-state index in [9.17, 15) is 22.8 Å². The third-order valence-corrected chi connectivity index (χ3v) is 3.25. The molecule has 0 unspecified atom stereocenters. The van der Waals surface area contributed by atoms with E-state index in [1.807, 2.05) is 0 Å². The van der Waals surface area contributed by atoms with E-state index in [-0.39, 0.29) is 5.69 Å². The lowest BCUT2D eigenvalue weighted by Gasteiger charge is -2.15. The number of anilines is 2. The third kappa shape index (κ3) is 5.52. The van der Waals surface area contributed by atoms with Gasteiger partial charge in [-0.2, -0.15) is 13.2 Å². The maximum Gasteiger partial charge on any atom is 0.416 e. The molecule has 0 radical (unpaired) electrons. The zero-order valence-electron chi connectivity index (χ0n) is 13.2. The van der Waals surface area contributed by atoms with Crippen LogP contribution < -0.4 is 16.0 Å². The van der Waals surface area contributed by atoms with Gasteiger partial charge in [-0.1, -0.05) is 18.2 Å². The van der Waals surface area contributed by atoms with E-state index in [2.05, 4.69) is 16.0 Å². The summed E-state index contributed by atoms with van der Waals surface area (Å²) in [7, 11) is 0. The molecule has 0 spiro atoms. The quantitative estimate of drug-likeness (QED) is 0.783. The molecule has 132 valence electrons. The van der Waals surface area contributed by atoms with Crippen molar-refractivity contribution in [1.29, 1.82) is 0 Å². The standard InChI is InChI=1S/C17H16F3N3O2/c1-11(21-16(25)23-13-5-3-2-4-6-13)15(24)22-14-9-7-12(8-10-14)17(18,19)20/h2-11H,1H3,(H,22,24)(H2,21,23,25)/t11-/m0/s1. The maximum atomic E-state index is 12.5. The van der Waals surface area contributed by atoms with E-state index >= 15 is 0 Å². The fourth-order valence-electron chi connectivity index (χ4n) is 1.94. The van der Waals surface area contributed by atoms with Gasteiger partial charge in [0.15, 0.2) is 0 Å². The van der Waals surface area contributed by atoms with E-state index in [0.717, 1.165) is 24.3 Å². The first-order valence-corrected chi connectivity index (χ1v) is 7.36. The van der Waals surface area contributed by atoms with Crippen molar-refractivity contribution in [3.05, 3.63) is 60.2 Å². The second-order valence-electron chi connectivity index (χ2n) is 5.25. The zero-order valence-corrected chi connectivity index (χ0v) is 13.2. The number of carbonyl (C=O) groups is 2. The van der Waals surface area contributed by atoms with Crippen molar-refractivity contribution >= 4 is 23.3 Å². The summed E-state index contributed by atoms with van der Waals surface area (Å²) in [5.74, 6) is -0.553. The number of benzene rings is 2. The van der Waals surface area contributed by atoms with Crippen LogP contribution in [0.1, 0.15) is 12.5 Å². The normalized spacial score (nSPS) is 12.2. The molecule has 0 bridgehead atoms. The zero-order chi connectivity index (χ0) is 18.4. The Morgan fingerprint density at radius 3 is 2.00 bits per heavy atom. The van der Waals surface area contributed by atoms with Gasteiger partial charge in [-0.05, 0) is 43.3 Å². The van der Waals surface area contributed by atoms with Crippen molar-refractivity contribution in [2.45, 2.75) is 19.1 Å². The van der Waals surface area contributed by atoms with Crippen LogP contribution in [0.3, 0.4) is 0 Å². The highest BCUT2D eigenvalue weighted by molar-refractivity contribution is 5.98. The second-order valence-corrected chi connectivity index (χ2v) is 5.25. The van der Waals surface area contributed by atoms with E-state index in [1.165, 1.54) is 6.92 Å². The van der Waals surface area contributed by atoms with Crippen molar-refractivity contribution in [3.63, 3.8) is 0 Å². The number of alkyl halides is 3. The first-order valence-electron chi connectivity index (χ1n) is 7.36. The Bertz CT molecular complexity index is 731. The first kappa shape index (κ1) is 18.3. The van der Waals surface area contributed by atoms with Gasteiger partial charge in [0.1, 0.15) is 6.04 Å². The largest absolute Gasteiger partial charge is 0.416 e. The number of rotatable bonds is 4. The fourth-order valence-corrected chi connectivity index (χ4v) is 1.94. The molecule has 0 heterocycles. The molecule has 5 nitrogen and oxygen atoms in total. The maximum absolute atomic E-state index is 12.5. The molecule has 0 saturated carbocycles. The summed E-state index contributed by atoms with van der Waals surface area (Å²) in [4.78, 5) is 23.8. The van der Waals surface area contributed by atoms with Crippen molar-refractivity contribution in [1.82, 2.24) is 5.32 Å². The van der Waals surface area contributed by atoms with Crippen molar-refractivity contribution in [2.75, 3.05) is 10.6 Å². The van der Waals surface area contributed by atoms with Crippen LogP contribution in [0.15, 0.2) is 54.6 Å². The molecule has 0 aliphatic rings. The Labute approximate surface area is 142 Å². The number of halogens is 3. The number of hydrogen-bond donors (Lipinski definition) is 3. The second kappa shape index (κ2) is 7.69. The molecule has 3 N–H and O–H groups in total. The number of carbonyl (C=O) groups excluding carboxylic acids is 2. The molecule has 0 aromatic heterocycles. The molecule has 0 fully saturated rings. The van der Waals surface area contributed by atoms with Gasteiger partial charge in [0.25, 0.3) is 0 Å². The minimum Gasteiger partial charge on any atom is -0.326 e. The molecule has 0 aliphatic heterocycles. The van der Waals surface area contributed by atoms with Crippen LogP contribution in [0.5, 0.6) is 0 Å². The number of hydrogen-bond acceptors (Lipinski definition) is 2. The summed E-state index contributed by atoms with van der Waals surface area (Å²) < 4.78 is 37.5. The summed E-state index contributed by atoms with van der Waals surface area (Å²) >= 11 is 0. The smallest absolute Gasteiger partial charge is 0.326 e. The third-order valence-electron chi connectivity index (χ3n) is 3.25. The van der Waals surface area contributed by atoms with Gasteiger partial charge in [0.05, 0.1) is 5.56 Å². The van der Waals surface area contributed by atoms with E-state index in [4.69, 9.17) is 0 Å². The van der Waals surface area contributed by atoms with E-state index in [0.29, 0.717) is 5.69 Å². The SMILES string of the molecule is C[C@H](NC(=O)Nc1ccccc1)C(=O)Nc1ccc(C(F)(F)F)cc1. The summed E-state index contributed by atoms with van der Waals surface area (Å²) in [5.41, 5.74) is -0.0376. The Hall–Kier alpha value is -3.03. The number of nitrogens with one attached hydrogen (secondary N) is 3. The van der Waals surface area contributed by atoms with Gasteiger partial charge >= 0.3 is 12.2 Å². The Morgan fingerprint density at radius 2 is 1.44 bits per heavy atom. The van der Waals surface area contributed by atoms with Crippen LogP contribution in [-0.2, 0) is 11.0 Å². The average Bonchev–Trinajstić information content (AvgIpc) is 2.55. The van der Waals surface area contributed by atoms with Gasteiger partial charge in [-0.3, -0.25) is 4.79 Å². The van der Waals surface area contributed by atoms with Gasteiger partial charge in [0, 0.05) is 11.4 Å². The summed E-state index contributed by atoms with van der Waals surface area (Å²) in [5, 5.41) is 7.44. The number of urea groups is 1.